The van der Waals surface area contributed by atoms with Gasteiger partial charge in [-0.2, -0.15) is 18.3 Å². The van der Waals surface area contributed by atoms with Crippen LogP contribution in [0.25, 0.3) is 0 Å². The molecule has 1 fully saturated rings. The highest BCUT2D eigenvalue weighted by Crippen LogP contribution is 2.45. The van der Waals surface area contributed by atoms with Gasteiger partial charge in [-0.25, -0.2) is 9.48 Å². The molecule has 1 aromatic heterocycles. The number of carbonyl (C=O) groups is 2. The molecule has 0 saturated carbocycles. The van der Waals surface area contributed by atoms with Gasteiger partial charge in [-0.05, 0) is 24.6 Å². The molecule has 0 bridgehead atoms. The van der Waals surface area contributed by atoms with Crippen molar-refractivity contribution in [3.8, 4) is 11.5 Å². The summed E-state index contributed by atoms with van der Waals surface area (Å²) in [6.07, 6.45) is -5.32. The Bertz CT molecular complexity index is 1130. The SMILES string of the molecule is CCOC(=O)N1CCN(C(=O)c2cc3n(n2)[C@@H](C(F)(F)F)C[C@H](c2ccc4c(c2)OCO4)N3)CC1. The Morgan fingerprint density at radius 3 is 2.54 bits per heavy atom. The topological polar surface area (TPSA) is 98.2 Å². The molecule has 13 heteroatoms. The van der Waals surface area contributed by atoms with Crippen molar-refractivity contribution in [1.29, 1.82) is 0 Å². The zero-order chi connectivity index (χ0) is 24.7. The fourth-order valence-electron chi connectivity index (χ4n) is 4.50. The second-order valence-corrected chi connectivity index (χ2v) is 8.44. The molecule has 2 amide bonds. The number of hydrogen-bond acceptors (Lipinski definition) is 7. The Morgan fingerprint density at radius 1 is 1.11 bits per heavy atom. The van der Waals surface area contributed by atoms with Gasteiger partial charge in [-0.1, -0.05) is 6.07 Å². The van der Waals surface area contributed by atoms with Gasteiger partial charge >= 0.3 is 12.3 Å². The third-order valence-corrected chi connectivity index (χ3v) is 6.30. The maximum atomic E-state index is 14.0. The molecule has 0 radical (unpaired) electrons. The summed E-state index contributed by atoms with van der Waals surface area (Å²) in [5.74, 6) is 0.634. The summed E-state index contributed by atoms with van der Waals surface area (Å²) >= 11 is 0. The maximum absolute atomic E-state index is 14.0. The lowest BCUT2D eigenvalue weighted by atomic mass is 9.96. The molecule has 0 unspecified atom stereocenters. The Morgan fingerprint density at radius 2 is 1.83 bits per heavy atom. The van der Waals surface area contributed by atoms with Gasteiger partial charge in [0.25, 0.3) is 5.91 Å². The lowest BCUT2D eigenvalue weighted by Crippen LogP contribution is -2.50. The number of amides is 2. The number of piperazine rings is 1. The van der Waals surface area contributed by atoms with E-state index in [-0.39, 0.29) is 57.5 Å². The molecule has 2 aromatic rings. The van der Waals surface area contributed by atoms with E-state index in [0.29, 0.717) is 17.1 Å². The van der Waals surface area contributed by atoms with Gasteiger partial charge in [0.1, 0.15) is 5.82 Å². The van der Waals surface area contributed by atoms with Gasteiger partial charge in [0, 0.05) is 38.7 Å². The molecule has 1 N–H and O–H groups in total. The van der Waals surface area contributed by atoms with E-state index in [0.717, 1.165) is 4.68 Å². The smallest absolute Gasteiger partial charge is 0.410 e. The summed E-state index contributed by atoms with van der Waals surface area (Å²) in [5, 5.41) is 7.12. The van der Waals surface area contributed by atoms with Crippen molar-refractivity contribution in [1.82, 2.24) is 19.6 Å². The van der Waals surface area contributed by atoms with Crippen LogP contribution < -0.4 is 14.8 Å². The number of ether oxygens (including phenoxy) is 3. The highest BCUT2D eigenvalue weighted by atomic mass is 19.4. The van der Waals surface area contributed by atoms with Crippen LogP contribution in [-0.2, 0) is 4.74 Å². The van der Waals surface area contributed by atoms with E-state index < -0.39 is 30.3 Å². The second-order valence-electron chi connectivity index (χ2n) is 8.44. The van der Waals surface area contributed by atoms with Crippen LogP contribution in [0.15, 0.2) is 24.3 Å². The first-order valence-electron chi connectivity index (χ1n) is 11.3. The van der Waals surface area contributed by atoms with E-state index in [1.54, 1.807) is 25.1 Å². The highest BCUT2D eigenvalue weighted by molar-refractivity contribution is 5.93. The fourth-order valence-corrected chi connectivity index (χ4v) is 4.50. The minimum Gasteiger partial charge on any atom is -0.454 e. The first-order valence-corrected chi connectivity index (χ1v) is 11.3. The molecular formula is C22H24F3N5O5. The van der Waals surface area contributed by atoms with Crippen LogP contribution in [0.4, 0.5) is 23.8 Å². The highest BCUT2D eigenvalue weighted by Gasteiger charge is 2.47. The summed E-state index contributed by atoms with van der Waals surface area (Å²) in [7, 11) is 0. The maximum Gasteiger partial charge on any atom is 0.410 e. The zero-order valence-corrected chi connectivity index (χ0v) is 18.9. The predicted molar refractivity (Wildman–Crippen MR) is 115 cm³/mol. The normalized spacial score (nSPS) is 21.4. The van der Waals surface area contributed by atoms with Crippen LogP contribution in [-0.4, -0.2) is 77.3 Å². The summed E-state index contributed by atoms with van der Waals surface area (Å²) in [4.78, 5) is 27.9. The minimum absolute atomic E-state index is 0.0638. The van der Waals surface area contributed by atoms with Gasteiger partial charge < -0.3 is 29.3 Å². The molecule has 3 aliphatic rings. The molecule has 1 aromatic carbocycles. The van der Waals surface area contributed by atoms with E-state index in [4.69, 9.17) is 14.2 Å². The number of carbonyl (C=O) groups excluding carboxylic acids is 2. The first-order chi connectivity index (χ1) is 16.7. The first kappa shape index (κ1) is 23.1. The van der Waals surface area contributed by atoms with Crippen molar-refractivity contribution < 1.29 is 37.0 Å². The summed E-state index contributed by atoms with van der Waals surface area (Å²) in [6.45, 7) is 3.03. The number of hydrogen-bond donors (Lipinski definition) is 1. The van der Waals surface area contributed by atoms with Gasteiger partial charge in [0.15, 0.2) is 23.2 Å². The van der Waals surface area contributed by atoms with Crippen molar-refractivity contribution in [3.05, 3.63) is 35.5 Å². The van der Waals surface area contributed by atoms with E-state index >= 15 is 0 Å². The number of fused-ring (bicyclic) bond motifs is 2. The number of halogens is 3. The number of benzene rings is 1. The molecule has 0 spiro atoms. The largest absolute Gasteiger partial charge is 0.454 e. The summed E-state index contributed by atoms with van der Waals surface area (Å²) < 4.78 is 58.4. The molecule has 35 heavy (non-hydrogen) atoms. The van der Waals surface area contributed by atoms with Gasteiger partial charge in [-0.15, -0.1) is 0 Å². The van der Waals surface area contributed by atoms with Crippen molar-refractivity contribution >= 4 is 17.8 Å². The van der Waals surface area contributed by atoms with Gasteiger partial charge in [0.2, 0.25) is 6.79 Å². The number of nitrogens with zero attached hydrogens (tertiary/aromatic N) is 4. The van der Waals surface area contributed by atoms with Gasteiger partial charge in [0.05, 0.1) is 12.6 Å². The third kappa shape index (κ3) is 4.42. The Hall–Kier alpha value is -3.64. The van der Waals surface area contributed by atoms with Crippen LogP contribution in [0, 0.1) is 0 Å². The fraction of sp³-hybridized carbons (Fsp3) is 0.500. The molecule has 1 saturated heterocycles. The lowest BCUT2D eigenvalue weighted by molar-refractivity contribution is -0.173. The predicted octanol–water partition coefficient (Wildman–Crippen LogP) is 3.19. The van der Waals surface area contributed by atoms with Crippen LogP contribution in [0.5, 0.6) is 11.5 Å². The zero-order valence-electron chi connectivity index (χ0n) is 18.9. The number of aromatic nitrogens is 2. The van der Waals surface area contributed by atoms with E-state index in [2.05, 4.69) is 10.4 Å². The third-order valence-electron chi connectivity index (χ3n) is 6.30. The van der Waals surface area contributed by atoms with Crippen molar-refractivity contribution in [2.75, 3.05) is 44.9 Å². The summed E-state index contributed by atoms with van der Waals surface area (Å²) in [6, 6.07) is 3.79. The number of nitrogens with one attached hydrogen (secondary N) is 1. The number of alkyl halides is 3. The molecule has 2 atom stereocenters. The lowest BCUT2D eigenvalue weighted by Gasteiger charge is -2.33. The van der Waals surface area contributed by atoms with Crippen LogP contribution >= 0.6 is 0 Å². The average molecular weight is 495 g/mol. The van der Waals surface area contributed by atoms with E-state index in [1.807, 2.05) is 0 Å². The van der Waals surface area contributed by atoms with Crippen molar-refractivity contribution in [2.45, 2.75) is 31.6 Å². The average Bonchev–Trinajstić information content (AvgIpc) is 3.49. The Labute approximate surface area is 198 Å². The molecule has 4 heterocycles. The molecule has 5 rings (SSSR count). The molecule has 3 aliphatic heterocycles. The summed E-state index contributed by atoms with van der Waals surface area (Å²) in [5.41, 5.74) is 0.525. The Balaban J connectivity index is 1.35. The van der Waals surface area contributed by atoms with Crippen LogP contribution in [0.2, 0.25) is 0 Å². The molecular weight excluding hydrogens is 471 g/mol. The minimum atomic E-state index is -4.57. The van der Waals surface area contributed by atoms with Crippen LogP contribution in [0.3, 0.4) is 0 Å². The van der Waals surface area contributed by atoms with Crippen LogP contribution in [0.1, 0.15) is 41.5 Å². The molecule has 10 nitrogen and oxygen atoms in total. The molecule has 0 aliphatic carbocycles. The second kappa shape index (κ2) is 8.86. The van der Waals surface area contributed by atoms with Gasteiger partial charge in [-0.3, -0.25) is 4.79 Å². The van der Waals surface area contributed by atoms with Crippen molar-refractivity contribution in [3.63, 3.8) is 0 Å². The standard InChI is InChI=1S/C22H24F3N5O5/c1-2-33-21(32)29-7-5-28(6-8-29)20(31)15-11-19-26-14(10-18(22(23,24)25)30(19)27-15)13-3-4-16-17(9-13)35-12-34-16/h3-4,9,11,14,18,26H,2,5-8,10,12H2,1H3/t14-,18-/m1/s1. The van der Waals surface area contributed by atoms with Crippen molar-refractivity contribution in [2.24, 2.45) is 0 Å². The Kier molecular flexibility index (Phi) is 5.85. The molecule has 188 valence electrons. The monoisotopic (exact) mass is 495 g/mol. The quantitative estimate of drug-likeness (QED) is 0.699. The van der Waals surface area contributed by atoms with E-state index in [9.17, 15) is 22.8 Å². The number of anilines is 1. The number of rotatable bonds is 3. The van der Waals surface area contributed by atoms with E-state index in [1.165, 1.54) is 15.9 Å².